The lowest BCUT2D eigenvalue weighted by atomic mass is 10.1. The number of aliphatic hydroxyl groups excluding tert-OH is 1. The van der Waals surface area contributed by atoms with Gasteiger partial charge in [-0.1, -0.05) is 24.3 Å². The number of nitrogens with one attached hydrogen (secondary N) is 2. The van der Waals surface area contributed by atoms with E-state index in [-0.39, 0.29) is 6.03 Å². The highest BCUT2D eigenvalue weighted by Crippen LogP contribution is 2.06. The molecule has 0 aliphatic rings. The molecule has 2 amide bonds. The average Bonchev–Trinajstić information content (AvgIpc) is 2.98. The van der Waals surface area contributed by atoms with Crippen molar-refractivity contribution in [3.8, 4) is 0 Å². The minimum absolute atomic E-state index is 0.224. The number of urea groups is 1. The number of carbonyl (C=O) groups is 1. The lowest BCUT2D eigenvalue weighted by Crippen LogP contribution is -2.36. The van der Waals surface area contributed by atoms with Crippen molar-refractivity contribution in [1.29, 1.82) is 0 Å². The fraction of sp³-hybridized carbons (Fsp3) is 0.375. The van der Waals surface area contributed by atoms with Crippen molar-refractivity contribution < 1.29 is 9.90 Å². The second-order valence-corrected chi connectivity index (χ2v) is 5.27. The van der Waals surface area contributed by atoms with Crippen molar-refractivity contribution in [1.82, 2.24) is 20.4 Å². The molecule has 118 valence electrons. The number of hydrogen-bond donors (Lipinski definition) is 3. The molecule has 0 aliphatic carbocycles. The zero-order valence-corrected chi connectivity index (χ0v) is 12.7. The van der Waals surface area contributed by atoms with Gasteiger partial charge in [0.05, 0.1) is 12.6 Å². The molecule has 6 heteroatoms. The molecular formula is C16H22N4O2. The van der Waals surface area contributed by atoms with Crippen LogP contribution in [0.4, 0.5) is 4.79 Å². The molecule has 0 spiro atoms. The Morgan fingerprint density at radius 2 is 2.14 bits per heavy atom. The first kappa shape index (κ1) is 16.0. The molecule has 22 heavy (non-hydrogen) atoms. The van der Waals surface area contributed by atoms with Crippen LogP contribution in [0.1, 0.15) is 24.5 Å². The Kier molecular flexibility index (Phi) is 5.97. The zero-order chi connectivity index (χ0) is 15.8. The second-order valence-electron chi connectivity index (χ2n) is 5.27. The summed E-state index contributed by atoms with van der Waals surface area (Å²) in [6, 6.07) is 9.71. The third kappa shape index (κ3) is 5.57. The van der Waals surface area contributed by atoms with Crippen molar-refractivity contribution in [2.45, 2.75) is 32.5 Å². The number of benzene rings is 1. The highest BCUT2D eigenvalue weighted by atomic mass is 16.3. The minimum Gasteiger partial charge on any atom is -0.393 e. The number of rotatable bonds is 7. The first-order chi connectivity index (χ1) is 10.6. The van der Waals surface area contributed by atoms with E-state index in [2.05, 4.69) is 21.8 Å². The van der Waals surface area contributed by atoms with Crippen molar-refractivity contribution >= 4 is 6.03 Å². The average molecular weight is 302 g/mol. The predicted octanol–water partition coefficient (Wildman–Crippen LogP) is 1.50. The van der Waals surface area contributed by atoms with E-state index >= 15 is 0 Å². The minimum atomic E-state index is -0.403. The van der Waals surface area contributed by atoms with Crippen LogP contribution in [-0.4, -0.2) is 33.6 Å². The van der Waals surface area contributed by atoms with Gasteiger partial charge in [-0.3, -0.25) is 4.68 Å². The van der Waals surface area contributed by atoms with E-state index in [0.29, 0.717) is 26.1 Å². The first-order valence-electron chi connectivity index (χ1n) is 7.38. The maximum atomic E-state index is 11.6. The lowest BCUT2D eigenvalue weighted by Gasteiger charge is -2.10. The van der Waals surface area contributed by atoms with Crippen LogP contribution in [0.25, 0.3) is 0 Å². The molecule has 0 radical (unpaired) electrons. The fourth-order valence-electron chi connectivity index (χ4n) is 2.06. The van der Waals surface area contributed by atoms with Gasteiger partial charge in [-0.25, -0.2) is 4.79 Å². The zero-order valence-electron chi connectivity index (χ0n) is 12.7. The molecule has 1 aromatic heterocycles. The van der Waals surface area contributed by atoms with E-state index in [0.717, 1.165) is 11.1 Å². The Balaban J connectivity index is 1.79. The molecule has 0 aliphatic heterocycles. The number of carbonyl (C=O) groups excluding carboxylic acids is 1. The van der Waals surface area contributed by atoms with Crippen LogP contribution in [-0.2, 0) is 13.1 Å². The third-order valence-corrected chi connectivity index (χ3v) is 3.20. The van der Waals surface area contributed by atoms with E-state index in [1.165, 1.54) is 0 Å². The van der Waals surface area contributed by atoms with E-state index < -0.39 is 6.10 Å². The quantitative estimate of drug-likeness (QED) is 0.725. The van der Waals surface area contributed by atoms with E-state index in [1.54, 1.807) is 13.1 Å². The Morgan fingerprint density at radius 1 is 1.32 bits per heavy atom. The molecule has 1 heterocycles. The molecule has 2 rings (SSSR count). The smallest absolute Gasteiger partial charge is 0.315 e. The van der Waals surface area contributed by atoms with Gasteiger partial charge in [-0.2, -0.15) is 5.10 Å². The second kappa shape index (κ2) is 8.19. The Morgan fingerprint density at radius 3 is 2.86 bits per heavy atom. The summed E-state index contributed by atoms with van der Waals surface area (Å²) in [6.07, 6.45) is 3.82. The first-order valence-corrected chi connectivity index (χ1v) is 7.38. The largest absolute Gasteiger partial charge is 0.393 e. The van der Waals surface area contributed by atoms with Crippen LogP contribution in [0.2, 0.25) is 0 Å². The van der Waals surface area contributed by atoms with Crippen molar-refractivity contribution in [3.05, 3.63) is 53.9 Å². The fourth-order valence-corrected chi connectivity index (χ4v) is 2.06. The summed E-state index contributed by atoms with van der Waals surface area (Å²) in [5, 5.41) is 18.8. The summed E-state index contributed by atoms with van der Waals surface area (Å²) in [4.78, 5) is 11.6. The standard InChI is InChI=1S/C16H22N4O2/c1-13(21)6-8-17-16(22)18-11-14-4-2-5-15(10-14)12-20-9-3-7-19-20/h2-5,7,9-10,13,21H,6,8,11-12H2,1H3,(H2,17,18,22). The van der Waals surface area contributed by atoms with Gasteiger partial charge in [0, 0.05) is 25.5 Å². The van der Waals surface area contributed by atoms with Gasteiger partial charge < -0.3 is 15.7 Å². The normalized spacial score (nSPS) is 11.9. The van der Waals surface area contributed by atoms with E-state index in [9.17, 15) is 4.79 Å². The van der Waals surface area contributed by atoms with Crippen LogP contribution in [0.15, 0.2) is 42.7 Å². The molecular weight excluding hydrogens is 280 g/mol. The van der Waals surface area contributed by atoms with Gasteiger partial charge in [0.25, 0.3) is 0 Å². The Bertz CT molecular complexity index is 582. The van der Waals surface area contributed by atoms with Crippen LogP contribution in [0.5, 0.6) is 0 Å². The maximum Gasteiger partial charge on any atom is 0.315 e. The number of amides is 2. The van der Waals surface area contributed by atoms with Gasteiger partial charge in [-0.05, 0) is 30.5 Å². The highest BCUT2D eigenvalue weighted by molar-refractivity contribution is 5.73. The van der Waals surface area contributed by atoms with Crippen LogP contribution < -0.4 is 10.6 Å². The van der Waals surface area contributed by atoms with Gasteiger partial charge in [-0.15, -0.1) is 0 Å². The maximum absolute atomic E-state index is 11.6. The third-order valence-electron chi connectivity index (χ3n) is 3.20. The molecule has 0 fully saturated rings. The molecule has 0 saturated heterocycles. The molecule has 6 nitrogen and oxygen atoms in total. The Labute approximate surface area is 130 Å². The Hall–Kier alpha value is -2.34. The van der Waals surface area contributed by atoms with Crippen LogP contribution in [0.3, 0.4) is 0 Å². The lowest BCUT2D eigenvalue weighted by molar-refractivity contribution is 0.183. The van der Waals surface area contributed by atoms with Crippen molar-refractivity contribution in [2.75, 3.05) is 6.54 Å². The molecule has 2 aromatic rings. The molecule has 3 N–H and O–H groups in total. The summed E-state index contributed by atoms with van der Waals surface area (Å²) in [5.41, 5.74) is 2.17. The van der Waals surface area contributed by atoms with Crippen molar-refractivity contribution in [3.63, 3.8) is 0 Å². The van der Waals surface area contributed by atoms with E-state index in [1.807, 2.05) is 35.1 Å². The molecule has 0 saturated carbocycles. The van der Waals surface area contributed by atoms with Crippen LogP contribution >= 0.6 is 0 Å². The van der Waals surface area contributed by atoms with E-state index in [4.69, 9.17) is 5.11 Å². The summed E-state index contributed by atoms with van der Waals surface area (Å²) < 4.78 is 1.86. The van der Waals surface area contributed by atoms with Gasteiger partial charge in [0.1, 0.15) is 0 Å². The predicted molar refractivity (Wildman–Crippen MR) is 84.3 cm³/mol. The molecule has 1 atom stereocenters. The molecule has 1 unspecified atom stereocenters. The van der Waals surface area contributed by atoms with Gasteiger partial charge in [0.15, 0.2) is 0 Å². The number of nitrogens with zero attached hydrogens (tertiary/aromatic N) is 2. The summed E-state index contributed by atoms with van der Waals surface area (Å²) in [7, 11) is 0. The van der Waals surface area contributed by atoms with Gasteiger partial charge >= 0.3 is 6.03 Å². The van der Waals surface area contributed by atoms with Crippen molar-refractivity contribution in [2.24, 2.45) is 0 Å². The summed E-state index contributed by atoms with van der Waals surface area (Å²) >= 11 is 0. The number of aliphatic hydroxyl groups is 1. The molecule has 0 bridgehead atoms. The summed E-state index contributed by atoms with van der Waals surface area (Å²) in [6.45, 7) is 3.34. The number of aromatic nitrogens is 2. The summed E-state index contributed by atoms with van der Waals surface area (Å²) in [5.74, 6) is 0. The topological polar surface area (TPSA) is 79.2 Å². The molecule has 1 aromatic carbocycles. The number of hydrogen-bond acceptors (Lipinski definition) is 3. The monoisotopic (exact) mass is 302 g/mol. The SMILES string of the molecule is CC(O)CCNC(=O)NCc1cccc(Cn2cccn2)c1. The van der Waals surface area contributed by atoms with Gasteiger partial charge in [0.2, 0.25) is 0 Å². The highest BCUT2D eigenvalue weighted by Gasteiger charge is 2.02. The van der Waals surface area contributed by atoms with Crippen LogP contribution in [0, 0.1) is 0 Å².